The number of guanidine groups is 1. The van der Waals surface area contributed by atoms with Crippen molar-refractivity contribution in [2.24, 2.45) is 10.9 Å². The number of fused-ring (bicyclic) bond motifs is 1. The van der Waals surface area contributed by atoms with Gasteiger partial charge in [0.15, 0.2) is 5.96 Å². The monoisotopic (exact) mass is 542 g/mol. The van der Waals surface area contributed by atoms with Crippen LogP contribution < -0.4 is 5.32 Å². The van der Waals surface area contributed by atoms with Crippen LogP contribution in [0.3, 0.4) is 0 Å². The summed E-state index contributed by atoms with van der Waals surface area (Å²) in [6.45, 7) is 8.18. The minimum absolute atomic E-state index is 0. The molecular weight excluding hydrogens is 503 g/mol. The number of benzene rings is 1. The maximum atomic E-state index is 11.3. The van der Waals surface area contributed by atoms with Gasteiger partial charge in [0.1, 0.15) is 0 Å². The average molecular weight is 543 g/mol. The van der Waals surface area contributed by atoms with Gasteiger partial charge < -0.3 is 15.0 Å². The van der Waals surface area contributed by atoms with Crippen LogP contribution in [0.15, 0.2) is 35.3 Å². The number of nitrogens with zero attached hydrogens (tertiary/aromatic N) is 3. The van der Waals surface area contributed by atoms with E-state index in [1.807, 2.05) is 0 Å². The Labute approximate surface area is 204 Å². The van der Waals surface area contributed by atoms with E-state index in [1.165, 1.54) is 38.5 Å². The summed E-state index contributed by atoms with van der Waals surface area (Å²) in [4.78, 5) is 21.3. The Morgan fingerprint density at radius 2 is 2.00 bits per heavy atom. The fourth-order valence-electron chi connectivity index (χ4n) is 4.81. The molecule has 0 amide bonds. The summed E-state index contributed by atoms with van der Waals surface area (Å²) in [6, 6.07) is 11.5. The van der Waals surface area contributed by atoms with Crippen LogP contribution in [0.5, 0.6) is 0 Å². The summed E-state index contributed by atoms with van der Waals surface area (Å²) in [5.41, 5.74) is 1.42. The normalized spacial score (nSPS) is 21.7. The van der Waals surface area contributed by atoms with Crippen molar-refractivity contribution < 1.29 is 9.53 Å². The van der Waals surface area contributed by atoms with Gasteiger partial charge in [-0.2, -0.15) is 0 Å². The van der Waals surface area contributed by atoms with Gasteiger partial charge in [0.2, 0.25) is 0 Å². The maximum absolute atomic E-state index is 11.3. The largest absolute Gasteiger partial charge is 0.469 e. The minimum atomic E-state index is -0.134. The molecular formula is C24H39IN4O2. The highest BCUT2D eigenvalue weighted by Crippen LogP contribution is 2.31. The number of halogens is 1. The van der Waals surface area contributed by atoms with Gasteiger partial charge in [0, 0.05) is 45.2 Å². The Morgan fingerprint density at radius 3 is 2.74 bits per heavy atom. The summed E-state index contributed by atoms with van der Waals surface area (Å²) in [5.74, 6) is 1.61. The zero-order chi connectivity index (χ0) is 21.2. The second-order valence-electron chi connectivity index (χ2n) is 8.43. The van der Waals surface area contributed by atoms with Crippen molar-refractivity contribution in [3.63, 3.8) is 0 Å². The number of aliphatic imine (C=N–C) groups is 1. The summed E-state index contributed by atoms with van der Waals surface area (Å²) in [7, 11) is 1.44. The number of rotatable bonds is 8. The van der Waals surface area contributed by atoms with Gasteiger partial charge >= 0.3 is 5.97 Å². The molecule has 0 spiro atoms. The molecule has 7 heteroatoms. The summed E-state index contributed by atoms with van der Waals surface area (Å²) in [6.07, 6.45) is 6.01. The average Bonchev–Trinajstić information content (AvgIpc) is 2.78. The van der Waals surface area contributed by atoms with Crippen molar-refractivity contribution >= 4 is 35.9 Å². The first-order valence-electron chi connectivity index (χ1n) is 11.6. The van der Waals surface area contributed by atoms with E-state index in [2.05, 4.69) is 52.4 Å². The molecule has 0 aromatic heterocycles. The molecule has 2 saturated heterocycles. The van der Waals surface area contributed by atoms with E-state index in [-0.39, 0.29) is 29.9 Å². The van der Waals surface area contributed by atoms with Gasteiger partial charge in [-0.1, -0.05) is 30.3 Å². The number of nitrogens with one attached hydrogen (secondary N) is 1. The maximum Gasteiger partial charge on any atom is 0.305 e. The number of hydrogen-bond acceptors (Lipinski definition) is 4. The van der Waals surface area contributed by atoms with Gasteiger partial charge in [-0.15, -0.1) is 24.0 Å². The van der Waals surface area contributed by atoms with Crippen molar-refractivity contribution in [3.05, 3.63) is 35.9 Å². The van der Waals surface area contributed by atoms with E-state index in [0.29, 0.717) is 18.4 Å². The zero-order valence-corrected chi connectivity index (χ0v) is 21.4. The molecule has 1 aromatic rings. The molecule has 6 nitrogen and oxygen atoms in total. The zero-order valence-electron chi connectivity index (χ0n) is 19.1. The second kappa shape index (κ2) is 13.9. The van der Waals surface area contributed by atoms with Gasteiger partial charge in [-0.3, -0.25) is 14.7 Å². The molecule has 0 saturated carbocycles. The highest BCUT2D eigenvalue weighted by atomic mass is 127. The lowest BCUT2D eigenvalue weighted by atomic mass is 9.83. The lowest BCUT2D eigenvalue weighted by Crippen LogP contribution is -2.56. The van der Waals surface area contributed by atoms with Gasteiger partial charge in [-0.05, 0) is 57.1 Å². The molecule has 0 bridgehead atoms. The molecule has 0 aliphatic carbocycles. The fourth-order valence-corrected chi connectivity index (χ4v) is 4.81. The smallest absolute Gasteiger partial charge is 0.305 e. The molecule has 1 N–H and O–H groups in total. The molecule has 2 fully saturated rings. The van der Waals surface area contributed by atoms with Gasteiger partial charge in [0.05, 0.1) is 7.11 Å². The summed E-state index contributed by atoms with van der Waals surface area (Å²) >= 11 is 0. The number of carbonyl (C=O) groups excluding carboxylic acids is 1. The van der Waals surface area contributed by atoms with E-state index < -0.39 is 0 Å². The topological polar surface area (TPSA) is 57.2 Å². The number of methoxy groups -OCH3 is 1. The minimum Gasteiger partial charge on any atom is -0.469 e. The predicted molar refractivity (Wildman–Crippen MR) is 137 cm³/mol. The Morgan fingerprint density at radius 1 is 1.19 bits per heavy atom. The molecule has 0 radical (unpaired) electrons. The third-order valence-corrected chi connectivity index (χ3v) is 6.32. The number of likely N-dealkylation sites (tertiary alicyclic amines) is 2. The molecule has 2 aliphatic rings. The van der Waals surface area contributed by atoms with Crippen LogP contribution in [0.1, 0.15) is 51.0 Å². The van der Waals surface area contributed by atoms with Crippen LogP contribution in [0.25, 0.3) is 0 Å². The summed E-state index contributed by atoms with van der Waals surface area (Å²) in [5, 5.41) is 3.48. The van der Waals surface area contributed by atoms with Crippen molar-refractivity contribution in [2.75, 3.05) is 39.8 Å². The van der Waals surface area contributed by atoms with Crippen LogP contribution in [-0.4, -0.2) is 67.6 Å². The van der Waals surface area contributed by atoms with Crippen LogP contribution >= 0.6 is 24.0 Å². The first-order valence-corrected chi connectivity index (χ1v) is 11.6. The Balaban J connectivity index is 0.00000341. The van der Waals surface area contributed by atoms with Crippen molar-refractivity contribution in [1.82, 2.24) is 15.1 Å². The van der Waals surface area contributed by atoms with Crippen molar-refractivity contribution in [1.29, 1.82) is 0 Å². The molecule has 2 heterocycles. The number of esters is 1. The lowest BCUT2D eigenvalue weighted by molar-refractivity contribution is -0.140. The number of hydrogen-bond donors (Lipinski definition) is 1. The molecule has 2 aliphatic heterocycles. The predicted octanol–water partition coefficient (Wildman–Crippen LogP) is 3.90. The van der Waals surface area contributed by atoms with Crippen molar-refractivity contribution in [2.45, 2.75) is 58.0 Å². The third kappa shape index (κ3) is 7.93. The van der Waals surface area contributed by atoms with E-state index in [4.69, 9.17) is 9.73 Å². The number of piperidine rings is 2. The van der Waals surface area contributed by atoms with Crippen LogP contribution in [0.2, 0.25) is 0 Å². The number of unbranched alkanes of at least 4 members (excludes halogenated alkanes) is 1. The van der Waals surface area contributed by atoms with E-state index in [9.17, 15) is 4.79 Å². The SMILES string of the molecule is CCNC(=NCCCCC(=O)OC)N1CCC2C(CCCN2Cc2ccccc2)C1.I. The molecule has 1 aromatic carbocycles. The van der Waals surface area contributed by atoms with Gasteiger partial charge in [-0.25, -0.2) is 0 Å². The fraction of sp³-hybridized carbons (Fsp3) is 0.667. The van der Waals surface area contributed by atoms with Crippen LogP contribution in [-0.2, 0) is 16.1 Å². The summed E-state index contributed by atoms with van der Waals surface area (Å²) < 4.78 is 4.71. The molecule has 3 rings (SSSR count). The molecule has 174 valence electrons. The quantitative estimate of drug-likeness (QED) is 0.178. The number of carbonyl (C=O) groups is 1. The van der Waals surface area contributed by atoms with Crippen LogP contribution in [0.4, 0.5) is 0 Å². The Kier molecular flexibility index (Phi) is 11.6. The van der Waals surface area contributed by atoms with Crippen LogP contribution in [0, 0.1) is 5.92 Å². The Hall–Kier alpha value is -1.35. The molecule has 31 heavy (non-hydrogen) atoms. The standard InChI is InChI=1S/C24H38N4O2.HI/c1-3-25-24(26-15-8-7-13-23(29)30-2)28-17-14-22-21(19-28)12-9-16-27(22)18-20-10-5-4-6-11-20;/h4-6,10-11,21-22H,3,7-9,12-19H2,1-2H3,(H,25,26);1H. The highest BCUT2D eigenvalue weighted by Gasteiger charge is 2.36. The van der Waals surface area contributed by atoms with E-state index in [1.54, 1.807) is 0 Å². The van der Waals surface area contributed by atoms with Gasteiger partial charge in [0.25, 0.3) is 0 Å². The van der Waals surface area contributed by atoms with E-state index >= 15 is 0 Å². The number of ether oxygens (including phenoxy) is 1. The second-order valence-corrected chi connectivity index (χ2v) is 8.43. The van der Waals surface area contributed by atoms with Crippen molar-refractivity contribution in [3.8, 4) is 0 Å². The first-order chi connectivity index (χ1) is 14.7. The Bertz CT molecular complexity index is 685. The first kappa shape index (κ1) is 25.9. The third-order valence-electron chi connectivity index (χ3n) is 6.32. The lowest BCUT2D eigenvalue weighted by Gasteiger charge is -2.48. The highest BCUT2D eigenvalue weighted by molar-refractivity contribution is 14.0. The van der Waals surface area contributed by atoms with E-state index in [0.717, 1.165) is 51.5 Å². The molecule has 2 unspecified atom stereocenters. The molecule has 2 atom stereocenters.